The fraction of sp³-hybridized carbons (Fsp3) is 0.548. The third-order valence-electron chi connectivity index (χ3n) is 10.0. The van der Waals surface area contributed by atoms with Gasteiger partial charge in [0.25, 0.3) is 14.2 Å². The zero-order valence-corrected chi connectivity index (χ0v) is 35.8. The fourth-order valence-electron chi connectivity index (χ4n) is 7.66. The molecule has 1 fully saturated rings. The Bertz CT molecular complexity index is 1840. The lowest BCUT2D eigenvalue weighted by Crippen LogP contribution is -2.60. The second-order valence-corrected chi connectivity index (χ2v) is 21.6. The van der Waals surface area contributed by atoms with Crippen molar-refractivity contribution < 1.29 is 42.6 Å². The minimum absolute atomic E-state index is 0.0998. The summed E-state index contributed by atoms with van der Waals surface area (Å²) < 4.78 is 28.9. The van der Waals surface area contributed by atoms with Gasteiger partial charge in [-0.3, -0.25) is 24.4 Å². The summed E-state index contributed by atoms with van der Waals surface area (Å²) in [7, 11) is -1.13. The molecule has 2 amide bonds. The van der Waals surface area contributed by atoms with Gasteiger partial charge in [0.1, 0.15) is 42.4 Å². The number of nitrogens with one attached hydrogen (secondary N) is 2. The zero-order valence-electron chi connectivity index (χ0n) is 34.8. The van der Waals surface area contributed by atoms with Crippen molar-refractivity contribution in [1.29, 1.82) is 0 Å². The number of hydrogen-bond acceptors (Lipinski definition) is 11. The molecular weight excluding hydrogens is 733 g/mol. The number of ether oxygens (including phenoxy) is 4. The van der Waals surface area contributed by atoms with Gasteiger partial charge in [-0.05, 0) is 97.3 Å². The number of methoxy groups -OCH3 is 1. The number of amides is 2. The van der Waals surface area contributed by atoms with Gasteiger partial charge in [-0.1, -0.05) is 53.7 Å². The van der Waals surface area contributed by atoms with E-state index in [-0.39, 0.29) is 25.6 Å². The molecule has 2 N–H and O–H groups in total. The predicted octanol–water partition coefficient (Wildman–Crippen LogP) is 7.50. The summed E-state index contributed by atoms with van der Waals surface area (Å²) in [5, 5.41) is 4.99. The number of rotatable bonds is 15. The molecule has 0 bridgehead atoms. The molecule has 0 unspecified atom stereocenters. The van der Waals surface area contributed by atoms with Gasteiger partial charge in [0, 0.05) is 31.5 Å². The molecule has 56 heavy (non-hydrogen) atoms. The monoisotopic (exact) mass is 792 g/mol. The lowest BCUT2D eigenvalue weighted by Gasteiger charge is -2.42. The van der Waals surface area contributed by atoms with Crippen LogP contribution < -0.4 is 19.9 Å². The first kappa shape index (κ1) is 44.0. The number of hydrazine groups is 1. The van der Waals surface area contributed by atoms with E-state index in [1.807, 2.05) is 36.4 Å². The van der Waals surface area contributed by atoms with Crippen LogP contribution in [0.25, 0.3) is 22.0 Å². The topological polar surface area (TPSA) is 155 Å². The molecule has 3 aromatic rings. The molecule has 306 valence electrons. The number of fused-ring (bicyclic) bond motifs is 1. The molecule has 4 rings (SSSR count). The van der Waals surface area contributed by atoms with Crippen molar-refractivity contribution in [3.63, 3.8) is 0 Å². The number of benzene rings is 2. The molecule has 1 aliphatic rings. The fourth-order valence-corrected chi connectivity index (χ4v) is 12.9. The van der Waals surface area contributed by atoms with Crippen molar-refractivity contribution in [2.45, 2.75) is 123 Å². The van der Waals surface area contributed by atoms with Gasteiger partial charge in [0.2, 0.25) is 0 Å². The van der Waals surface area contributed by atoms with Gasteiger partial charge in [0.05, 0.1) is 12.6 Å². The third-order valence-corrected chi connectivity index (χ3v) is 16.0. The molecule has 0 radical (unpaired) electrons. The first-order chi connectivity index (χ1) is 26.3. The Morgan fingerprint density at radius 2 is 1.64 bits per heavy atom. The number of carbonyl (C=O) groups excluding carboxylic acids is 4. The molecule has 0 saturated carbocycles. The van der Waals surface area contributed by atoms with E-state index in [0.29, 0.717) is 47.5 Å². The zero-order chi connectivity index (χ0) is 41.4. The Labute approximate surface area is 332 Å². The Morgan fingerprint density at radius 3 is 2.27 bits per heavy atom. The Morgan fingerprint density at radius 1 is 0.946 bits per heavy atom. The van der Waals surface area contributed by atoms with Crippen LogP contribution in [0, 0.1) is 0 Å². The minimum Gasteiger partial charge on any atom is -0.543 e. The van der Waals surface area contributed by atoms with Crippen molar-refractivity contribution in [2.24, 2.45) is 0 Å². The first-order valence-corrected chi connectivity index (χ1v) is 21.6. The van der Waals surface area contributed by atoms with E-state index in [2.05, 4.69) is 57.3 Å². The van der Waals surface area contributed by atoms with E-state index in [4.69, 9.17) is 23.4 Å². The maximum Gasteiger partial charge on any atom is 0.408 e. The summed E-state index contributed by atoms with van der Waals surface area (Å²) in [5.74, 6) is 0.00425. The smallest absolute Gasteiger partial charge is 0.408 e. The van der Waals surface area contributed by atoms with Gasteiger partial charge in [-0.15, -0.1) is 0 Å². The molecule has 1 aliphatic heterocycles. The van der Waals surface area contributed by atoms with Gasteiger partial charge in [-0.2, -0.15) is 0 Å². The number of nitrogens with zero attached hydrogens (tertiary/aromatic N) is 2. The summed E-state index contributed by atoms with van der Waals surface area (Å²) >= 11 is 0. The normalized spacial score (nSPS) is 15.5. The predicted molar refractivity (Wildman–Crippen MR) is 218 cm³/mol. The quantitative estimate of drug-likeness (QED) is 0.0681. The van der Waals surface area contributed by atoms with Crippen LogP contribution in [-0.2, 0) is 35.0 Å². The van der Waals surface area contributed by atoms with E-state index in [1.54, 1.807) is 33.0 Å². The molecule has 2 atom stereocenters. The Hall–Kier alpha value is -4.69. The number of carbonyl (C=O) groups is 4. The van der Waals surface area contributed by atoms with E-state index in [1.165, 1.54) is 19.0 Å². The van der Waals surface area contributed by atoms with E-state index in [0.717, 1.165) is 27.6 Å². The summed E-state index contributed by atoms with van der Waals surface area (Å²) in [6.45, 7) is 20.6. The van der Waals surface area contributed by atoms with Crippen LogP contribution in [0.15, 0.2) is 48.7 Å². The number of pyridine rings is 1. The second kappa shape index (κ2) is 19.0. The highest BCUT2D eigenvalue weighted by Crippen LogP contribution is 2.44. The highest BCUT2D eigenvalue weighted by molar-refractivity contribution is 6.78. The standard InChI is InChI=1S/C42H60N4O9Si/c1-26(2)56(27(3)4,28(5)6)55-33-22-30(21-32(24-33)31-14-15-35-34(25-31)38(16-17-43-35)53-20-19-52-29(7)47)23-37(44-41(50)54-42(8,9)10)39(48)46-18-12-13-36(45-46)40(49)51-11/h14-17,21-22,24-28,36-37,45H,12-13,18-20,23H2,1-11H3,(H,44,50)/t36-,37-/m0/s1. The number of aromatic nitrogens is 1. The summed E-state index contributed by atoms with van der Waals surface area (Å²) in [4.78, 5) is 55.8. The minimum atomic E-state index is -2.44. The maximum absolute atomic E-state index is 14.3. The van der Waals surface area contributed by atoms with Crippen molar-refractivity contribution in [3.05, 3.63) is 54.2 Å². The number of hydrogen-bond donors (Lipinski definition) is 2. The molecule has 0 aliphatic carbocycles. The molecule has 1 aromatic heterocycles. The van der Waals surface area contributed by atoms with Crippen LogP contribution >= 0.6 is 0 Å². The van der Waals surface area contributed by atoms with Gasteiger partial charge in [0.15, 0.2) is 0 Å². The lowest BCUT2D eigenvalue weighted by atomic mass is 9.97. The SMILES string of the molecule is COC(=O)[C@@H]1CCCN(C(=O)[C@H](Cc2cc(O[Si](C(C)C)(C(C)C)C(C)C)cc(-c3ccc4nccc(OCCOC(C)=O)c4c3)c2)NC(=O)OC(C)(C)C)N1. The average molecular weight is 793 g/mol. The van der Waals surface area contributed by atoms with Crippen molar-refractivity contribution >= 4 is 43.2 Å². The molecule has 14 heteroatoms. The van der Waals surface area contributed by atoms with Gasteiger partial charge in [-0.25, -0.2) is 10.2 Å². The molecule has 1 saturated heterocycles. The molecule has 0 spiro atoms. The van der Waals surface area contributed by atoms with Crippen LogP contribution in [0.4, 0.5) is 4.79 Å². The van der Waals surface area contributed by atoms with Crippen molar-refractivity contribution in [3.8, 4) is 22.6 Å². The summed E-state index contributed by atoms with van der Waals surface area (Å²) in [6, 6.07) is 11.9. The summed E-state index contributed by atoms with van der Waals surface area (Å²) in [6.07, 6.45) is 2.12. The van der Waals surface area contributed by atoms with Gasteiger partial charge >= 0.3 is 18.0 Å². The Kier molecular flexibility index (Phi) is 14.9. The molecule has 2 aromatic carbocycles. The van der Waals surface area contributed by atoms with E-state index >= 15 is 0 Å². The van der Waals surface area contributed by atoms with Crippen LogP contribution in [0.5, 0.6) is 11.5 Å². The third kappa shape index (κ3) is 11.2. The van der Waals surface area contributed by atoms with Gasteiger partial charge < -0.3 is 28.7 Å². The van der Waals surface area contributed by atoms with Crippen molar-refractivity contribution in [2.75, 3.05) is 26.9 Å². The van der Waals surface area contributed by atoms with Crippen LogP contribution in [0.3, 0.4) is 0 Å². The maximum atomic E-state index is 14.3. The van der Waals surface area contributed by atoms with E-state index < -0.39 is 44.0 Å². The first-order valence-electron chi connectivity index (χ1n) is 19.5. The highest BCUT2D eigenvalue weighted by Gasteiger charge is 2.47. The largest absolute Gasteiger partial charge is 0.543 e. The Balaban J connectivity index is 1.83. The van der Waals surface area contributed by atoms with Crippen LogP contribution in [0.1, 0.15) is 87.6 Å². The van der Waals surface area contributed by atoms with Crippen molar-refractivity contribution in [1.82, 2.24) is 20.7 Å². The molecular formula is C42H60N4O9Si. The summed E-state index contributed by atoms with van der Waals surface area (Å²) in [5.41, 5.74) is 6.26. The molecule has 2 heterocycles. The van der Waals surface area contributed by atoms with Crippen LogP contribution in [0.2, 0.25) is 16.6 Å². The lowest BCUT2D eigenvalue weighted by molar-refractivity contribution is -0.150. The molecule has 13 nitrogen and oxygen atoms in total. The van der Waals surface area contributed by atoms with Crippen LogP contribution in [-0.4, -0.2) is 86.8 Å². The van der Waals surface area contributed by atoms with E-state index in [9.17, 15) is 19.2 Å². The average Bonchev–Trinajstić information content (AvgIpc) is 3.13. The highest BCUT2D eigenvalue weighted by atomic mass is 28.4. The second-order valence-electron chi connectivity index (χ2n) is 16.3. The number of alkyl carbamates (subject to hydrolysis) is 1. The number of esters is 2.